The normalized spacial score (nSPS) is 12.1. The van der Waals surface area contributed by atoms with Crippen LogP contribution in [-0.2, 0) is 19.2 Å². The van der Waals surface area contributed by atoms with Gasteiger partial charge >= 0.3 is 17.9 Å². The van der Waals surface area contributed by atoms with Crippen LogP contribution in [0, 0.1) is 0 Å². The second-order valence-corrected chi connectivity index (χ2v) is 6.00. The lowest BCUT2D eigenvalue weighted by atomic mass is 10.2. The van der Waals surface area contributed by atoms with E-state index < -0.39 is 41.9 Å². The highest BCUT2D eigenvalue weighted by atomic mass is 32.2. The Morgan fingerprint density at radius 1 is 1.00 bits per heavy atom. The van der Waals surface area contributed by atoms with Crippen molar-refractivity contribution in [3.63, 3.8) is 0 Å². The highest BCUT2D eigenvalue weighted by molar-refractivity contribution is 7.98. The lowest BCUT2D eigenvalue weighted by molar-refractivity contribution is -0.139. The van der Waals surface area contributed by atoms with Gasteiger partial charge in [-0.05, 0) is 25.4 Å². The van der Waals surface area contributed by atoms with Crippen LogP contribution in [-0.4, -0.2) is 80.2 Å². The van der Waals surface area contributed by atoms with Gasteiger partial charge in [0.1, 0.15) is 18.1 Å². The second kappa shape index (κ2) is 22.5. The molecule has 0 saturated heterocycles. The molecular weight excluding hydrogens is 404 g/mol. The summed E-state index contributed by atoms with van der Waals surface area (Å²) in [5.74, 6) is -2.32. The predicted octanol–water partition coefficient (Wildman–Crippen LogP) is -1.59. The fourth-order valence-electron chi connectivity index (χ4n) is 0.446. The summed E-state index contributed by atoms with van der Waals surface area (Å²) in [6.45, 7) is 2.64. The van der Waals surface area contributed by atoms with E-state index in [1.54, 1.807) is 11.8 Å². The largest absolute Gasteiger partial charge is 0.480 e. The zero-order chi connectivity index (χ0) is 22.6. The number of hydroxylamine groups is 1. The highest BCUT2D eigenvalue weighted by Gasteiger charge is 2.09. The van der Waals surface area contributed by atoms with Crippen LogP contribution in [0.5, 0.6) is 0 Å². The Balaban J connectivity index is -0.000000134. The van der Waals surface area contributed by atoms with Gasteiger partial charge in [0.15, 0.2) is 0 Å². The second-order valence-electron chi connectivity index (χ2n) is 4.65. The van der Waals surface area contributed by atoms with E-state index in [0.29, 0.717) is 6.42 Å². The van der Waals surface area contributed by atoms with Crippen LogP contribution >= 0.6 is 24.4 Å². The van der Waals surface area contributed by atoms with Gasteiger partial charge in [0, 0.05) is 12.7 Å². The lowest BCUT2D eigenvalue weighted by Gasteiger charge is -2.02. The molecule has 0 rings (SSSR count). The van der Waals surface area contributed by atoms with Crippen LogP contribution in [0.1, 0.15) is 20.3 Å². The maximum Gasteiger partial charge on any atom is 0.321 e. The highest BCUT2D eigenvalue weighted by Crippen LogP contribution is 1.97. The molecule has 0 heterocycles. The average Bonchev–Trinajstić information content (AvgIpc) is 2.59. The van der Waals surface area contributed by atoms with Crippen LogP contribution in [0.4, 0.5) is 0 Å². The summed E-state index contributed by atoms with van der Waals surface area (Å²) in [5.41, 5.74) is 16.4. The first-order valence-electron chi connectivity index (χ1n) is 7.23. The number of thioether (sulfide) groups is 1. The SMILES string of the molecule is CC(=O)NO.CSCC[C@H](N)C(=O)O.C[C@H](N)C(=O)O.N[C@@H](CS)C(=O)O. The van der Waals surface area contributed by atoms with E-state index in [0.717, 1.165) is 5.75 Å². The number of nitrogens with one attached hydrogen (secondary N) is 1. The maximum absolute atomic E-state index is 10.1. The number of aliphatic carboxylic acids is 3. The predicted molar refractivity (Wildman–Crippen MR) is 105 cm³/mol. The molecule has 0 aliphatic carbocycles. The number of rotatable bonds is 7. The van der Waals surface area contributed by atoms with Gasteiger partial charge in [-0.15, -0.1) is 0 Å². The van der Waals surface area contributed by atoms with E-state index in [1.807, 2.05) is 6.26 Å². The topological polar surface area (TPSA) is 239 Å². The zero-order valence-corrected chi connectivity index (χ0v) is 17.1. The Hall–Kier alpha value is -1.58. The Morgan fingerprint density at radius 2 is 1.33 bits per heavy atom. The van der Waals surface area contributed by atoms with Gasteiger partial charge in [-0.3, -0.25) is 24.4 Å². The Morgan fingerprint density at radius 3 is 1.44 bits per heavy atom. The molecule has 1 amide bonds. The van der Waals surface area contributed by atoms with Crippen LogP contribution in [0.2, 0.25) is 0 Å². The van der Waals surface area contributed by atoms with Crippen molar-refractivity contribution in [1.82, 2.24) is 5.48 Å². The smallest absolute Gasteiger partial charge is 0.321 e. The van der Waals surface area contributed by atoms with Gasteiger partial charge in [-0.25, -0.2) is 5.48 Å². The van der Waals surface area contributed by atoms with E-state index in [9.17, 15) is 19.2 Å². The monoisotopic (exact) mass is 434 g/mol. The van der Waals surface area contributed by atoms with Crippen LogP contribution in [0.15, 0.2) is 0 Å². The van der Waals surface area contributed by atoms with Crippen molar-refractivity contribution >= 4 is 48.2 Å². The van der Waals surface area contributed by atoms with Gasteiger partial charge < -0.3 is 32.5 Å². The minimum absolute atomic E-state index is 0.190. The summed E-state index contributed by atoms with van der Waals surface area (Å²) in [6.07, 6.45) is 2.48. The molecule has 0 unspecified atom stereocenters. The molecular formula is C13H30N4O8S2. The number of hydrogen-bond donors (Lipinski definition) is 9. The summed E-state index contributed by atoms with van der Waals surface area (Å²) >= 11 is 5.25. The number of thiol groups is 1. The molecule has 0 spiro atoms. The van der Waals surface area contributed by atoms with Crippen molar-refractivity contribution < 1.29 is 39.7 Å². The standard InChI is InChI=1S/C5H11NO2S.C3H7NO2S.C3H7NO2.C2H5NO2/c1-9-3-2-4(6)5(7)8;4-2(1-7)3(5)6;1-2(4)3(5)6;1-2(4)3-5/h4H,2-3,6H2,1H3,(H,7,8);2,7H,1,4H2,(H,5,6);2H,4H2,1H3,(H,5,6);5H,1H3,(H,3,4)/t4-;2*2-;/m000./s1. The molecule has 12 nitrogen and oxygen atoms in total. The number of nitrogens with two attached hydrogens (primary N) is 3. The third-order valence-electron chi connectivity index (χ3n) is 2.01. The summed E-state index contributed by atoms with van der Waals surface area (Å²) in [5, 5.41) is 31.7. The number of carbonyl (C=O) groups excluding carboxylic acids is 1. The molecule has 0 aliphatic rings. The molecule has 0 radical (unpaired) electrons. The molecule has 0 aromatic rings. The van der Waals surface area contributed by atoms with Crippen molar-refractivity contribution in [3.8, 4) is 0 Å². The Bertz CT molecular complexity index is 427. The van der Waals surface area contributed by atoms with Gasteiger partial charge in [-0.1, -0.05) is 0 Å². The van der Waals surface area contributed by atoms with Crippen LogP contribution < -0.4 is 22.7 Å². The van der Waals surface area contributed by atoms with E-state index in [1.165, 1.54) is 19.3 Å². The number of carboxylic acid groups (broad SMARTS) is 3. The molecule has 0 fully saturated rings. The molecule has 0 bridgehead atoms. The quantitative estimate of drug-likeness (QED) is 0.125. The first-order valence-corrected chi connectivity index (χ1v) is 9.26. The number of carboxylic acids is 3. The molecule has 27 heavy (non-hydrogen) atoms. The van der Waals surface area contributed by atoms with Crippen molar-refractivity contribution in [3.05, 3.63) is 0 Å². The van der Waals surface area contributed by atoms with Crippen molar-refractivity contribution in [2.75, 3.05) is 17.8 Å². The summed E-state index contributed by atoms with van der Waals surface area (Å²) in [7, 11) is 0. The first kappa shape index (κ1) is 33.0. The molecule has 0 aromatic heterocycles. The van der Waals surface area contributed by atoms with Crippen LogP contribution in [0.3, 0.4) is 0 Å². The lowest BCUT2D eigenvalue weighted by Crippen LogP contribution is -2.31. The number of amides is 1. The van der Waals surface area contributed by atoms with Crippen molar-refractivity contribution in [2.45, 2.75) is 38.4 Å². The van der Waals surface area contributed by atoms with Crippen molar-refractivity contribution in [1.29, 1.82) is 0 Å². The van der Waals surface area contributed by atoms with Gasteiger partial charge in [0.05, 0.1) is 0 Å². The van der Waals surface area contributed by atoms with Gasteiger partial charge in [-0.2, -0.15) is 24.4 Å². The Labute approximate surface area is 167 Å². The fourth-order valence-corrected chi connectivity index (χ4v) is 1.09. The third kappa shape index (κ3) is 36.2. The summed E-state index contributed by atoms with van der Waals surface area (Å²) < 4.78 is 0. The van der Waals surface area contributed by atoms with E-state index >= 15 is 0 Å². The molecule has 162 valence electrons. The fraction of sp³-hybridized carbons (Fsp3) is 0.692. The molecule has 0 aromatic carbocycles. The molecule has 3 atom stereocenters. The van der Waals surface area contributed by atoms with Crippen LogP contribution in [0.25, 0.3) is 0 Å². The summed E-state index contributed by atoms with van der Waals surface area (Å²) in [6, 6.07) is -2.23. The van der Waals surface area contributed by atoms with Crippen molar-refractivity contribution in [2.24, 2.45) is 17.2 Å². The number of carbonyl (C=O) groups is 4. The summed E-state index contributed by atoms with van der Waals surface area (Å²) in [4.78, 5) is 38.9. The van der Waals surface area contributed by atoms with Gasteiger partial charge in [0.2, 0.25) is 5.91 Å². The minimum Gasteiger partial charge on any atom is -0.480 e. The Kier molecular flexibility index (Phi) is 27.5. The molecule has 11 N–H and O–H groups in total. The van der Waals surface area contributed by atoms with Gasteiger partial charge in [0.25, 0.3) is 0 Å². The van der Waals surface area contributed by atoms with E-state index in [2.05, 4.69) is 12.6 Å². The average molecular weight is 435 g/mol. The first-order chi connectivity index (χ1) is 12.3. The maximum atomic E-state index is 10.1. The zero-order valence-electron chi connectivity index (χ0n) is 15.4. The van der Waals surface area contributed by atoms with E-state index in [4.69, 9.17) is 37.7 Å². The molecule has 14 heteroatoms. The molecule has 0 saturated carbocycles. The number of hydrogen-bond acceptors (Lipinski definition) is 10. The minimum atomic E-state index is -1.00. The van der Waals surface area contributed by atoms with E-state index in [-0.39, 0.29) is 5.75 Å². The third-order valence-corrected chi connectivity index (χ3v) is 3.05. The molecule has 0 aliphatic heterocycles.